The minimum absolute atomic E-state index is 0.744. The molecular formula is C31H52N2O24. The number of amides is 2. The van der Waals surface area contributed by atoms with Crippen LogP contribution in [-0.2, 0) is 47.5 Å². The number of hydrogen-bond donors (Lipinski definition) is 16. The molecule has 4 heterocycles. The maximum Gasteiger partial charge on any atom is 0.364 e. The molecule has 16 N–H and O–H groups in total. The first-order chi connectivity index (χ1) is 26.7. The minimum Gasteiger partial charge on any atom is -0.477 e. The number of carboxylic acid groups (broad SMARTS) is 1. The summed E-state index contributed by atoms with van der Waals surface area (Å²) >= 11 is 0. The van der Waals surface area contributed by atoms with Crippen LogP contribution in [0.25, 0.3) is 0 Å². The molecule has 0 radical (unpaired) electrons. The van der Waals surface area contributed by atoms with Crippen molar-refractivity contribution in [1.29, 1.82) is 0 Å². The lowest BCUT2D eigenvalue weighted by Crippen LogP contribution is -2.70. The Morgan fingerprint density at radius 2 is 1.30 bits per heavy atom. The molecule has 4 aliphatic rings. The molecule has 330 valence electrons. The Kier molecular flexibility index (Phi) is 16.4. The lowest BCUT2D eigenvalue weighted by Gasteiger charge is -2.50. The first-order valence-electron chi connectivity index (χ1n) is 17.7. The van der Waals surface area contributed by atoms with Gasteiger partial charge in [-0.1, -0.05) is 0 Å². The number of hydrogen-bond acceptors (Lipinski definition) is 23. The second kappa shape index (κ2) is 19.8. The molecular weight excluding hydrogens is 784 g/mol. The zero-order valence-corrected chi connectivity index (χ0v) is 30.4. The lowest BCUT2D eigenvalue weighted by atomic mass is 9.88. The maximum absolute atomic E-state index is 12.8. The zero-order valence-electron chi connectivity index (χ0n) is 30.4. The van der Waals surface area contributed by atoms with Crippen LogP contribution in [0.2, 0.25) is 0 Å². The van der Waals surface area contributed by atoms with Crippen molar-refractivity contribution in [2.45, 2.75) is 149 Å². The predicted octanol–water partition coefficient (Wildman–Crippen LogP) is -10.3. The average molecular weight is 837 g/mol. The van der Waals surface area contributed by atoms with E-state index in [9.17, 15) is 85.9 Å². The SMILES string of the molecule is CC(=O)N[C@H]1[C@H]([C@H](O)[C@H](O)CO)O[C@@](O[C@H]2[C@@H](O)[C@@H](CO)O[C@@H](OC[C@H]3OC(O)[C@H](NC(C)=O)[C@@H](O)[C@@H]3O[C@@H]3O[C@H](CO)[C@H](O)[C@H](O)[C@H]3O)[C@@H]2O)(C(=O)O)C[C@@H]1O. The van der Waals surface area contributed by atoms with E-state index in [2.05, 4.69) is 10.6 Å². The van der Waals surface area contributed by atoms with Gasteiger partial charge in [-0.3, -0.25) is 9.59 Å². The standard InChI is InChI=1S/C31H52N2O24/c1-8(37)32-15-10(39)3-31(30(49)50,56-25(15)17(41)11(40)4-34)57-26-19(43)13(6-36)53-28(23(26)47)51-7-14-24(20(44)16(27(48)52-14)33-9(2)38)55-29-22(46)21(45)18(42)12(5-35)54-29/h10-29,34-36,39-48H,3-7H2,1-2H3,(H,32,37)(H,33,38)(H,49,50)/t10-,11+,12+,13+,14+,15+,16+,17+,18-,19-,20+,21-,22+,23+,24+,25+,26-,27?,28+,29-,31-/m0/s1. The van der Waals surface area contributed by atoms with Gasteiger partial charge in [-0.2, -0.15) is 0 Å². The lowest BCUT2D eigenvalue weighted by molar-refractivity contribution is -0.375. The van der Waals surface area contributed by atoms with Crippen molar-refractivity contribution in [1.82, 2.24) is 10.6 Å². The van der Waals surface area contributed by atoms with Gasteiger partial charge in [0.1, 0.15) is 91.5 Å². The summed E-state index contributed by atoms with van der Waals surface area (Å²) < 4.78 is 38.9. The van der Waals surface area contributed by atoms with Crippen molar-refractivity contribution in [2.24, 2.45) is 0 Å². The fourth-order valence-corrected chi connectivity index (χ4v) is 6.95. The van der Waals surface area contributed by atoms with Crippen molar-refractivity contribution < 1.29 is 119 Å². The molecule has 57 heavy (non-hydrogen) atoms. The van der Waals surface area contributed by atoms with E-state index >= 15 is 0 Å². The third kappa shape index (κ3) is 10.3. The average Bonchev–Trinajstić information content (AvgIpc) is 3.15. The van der Waals surface area contributed by atoms with Gasteiger partial charge in [0, 0.05) is 20.3 Å². The molecule has 26 nitrogen and oxygen atoms in total. The third-order valence-electron chi connectivity index (χ3n) is 9.96. The summed E-state index contributed by atoms with van der Waals surface area (Å²) in [7, 11) is 0. The number of carbonyl (C=O) groups is 3. The van der Waals surface area contributed by atoms with Crippen LogP contribution in [-0.4, -0.2) is 244 Å². The minimum atomic E-state index is -3.09. The molecule has 0 aliphatic carbocycles. The summed E-state index contributed by atoms with van der Waals surface area (Å²) in [6.07, 6.45) is -35.8. The smallest absolute Gasteiger partial charge is 0.364 e. The third-order valence-corrected chi connectivity index (χ3v) is 9.96. The molecule has 0 aromatic carbocycles. The fraction of sp³-hybridized carbons (Fsp3) is 0.903. The van der Waals surface area contributed by atoms with E-state index < -0.39 is 179 Å². The Hall–Kier alpha value is -2.39. The number of aliphatic hydroxyl groups is 13. The topological polar surface area (TPSA) is 423 Å². The van der Waals surface area contributed by atoms with Crippen LogP contribution in [0.1, 0.15) is 20.3 Å². The van der Waals surface area contributed by atoms with Gasteiger partial charge in [0.05, 0.1) is 38.6 Å². The van der Waals surface area contributed by atoms with Gasteiger partial charge >= 0.3 is 5.97 Å². The van der Waals surface area contributed by atoms with Crippen molar-refractivity contribution in [3.05, 3.63) is 0 Å². The number of ether oxygens (including phenoxy) is 7. The Morgan fingerprint density at radius 1 is 0.719 bits per heavy atom. The van der Waals surface area contributed by atoms with Crippen LogP contribution >= 0.6 is 0 Å². The van der Waals surface area contributed by atoms with E-state index in [1.54, 1.807) is 0 Å². The zero-order chi connectivity index (χ0) is 42.7. The van der Waals surface area contributed by atoms with Gasteiger partial charge in [-0.25, -0.2) is 4.79 Å². The molecule has 0 aromatic heterocycles. The molecule has 21 atom stereocenters. The summed E-state index contributed by atoms with van der Waals surface area (Å²) in [5.41, 5.74) is 0. The van der Waals surface area contributed by atoms with E-state index in [1.165, 1.54) is 0 Å². The van der Waals surface area contributed by atoms with Crippen LogP contribution in [0.4, 0.5) is 0 Å². The van der Waals surface area contributed by atoms with Gasteiger partial charge in [-0.05, 0) is 0 Å². The first kappa shape index (κ1) is 47.3. The number of rotatable bonds is 15. The van der Waals surface area contributed by atoms with Crippen molar-refractivity contribution in [2.75, 3.05) is 26.4 Å². The number of aliphatic hydroxyl groups excluding tert-OH is 13. The highest BCUT2D eigenvalue weighted by Crippen LogP contribution is 2.38. The summed E-state index contributed by atoms with van der Waals surface area (Å²) in [4.78, 5) is 36.5. The molecule has 26 heteroatoms. The summed E-state index contributed by atoms with van der Waals surface area (Å²) in [5, 5.41) is 151. The Morgan fingerprint density at radius 3 is 1.86 bits per heavy atom. The van der Waals surface area contributed by atoms with Crippen LogP contribution < -0.4 is 10.6 Å². The van der Waals surface area contributed by atoms with Crippen LogP contribution in [0, 0.1) is 0 Å². The van der Waals surface area contributed by atoms with Crippen LogP contribution in [0.15, 0.2) is 0 Å². The van der Waals surface area contributed by atoms with E-state index in [-0.39, 0.29) is 0 Å². The number of nitrogens with one attached hydrogen (secondary N) is 2. The largest absolute Gasteiger partial charge is 0.477 e. The summed E-state index contributed by atoms with van der Waals surface area (Å²) in [6, 6.07) is -3.19. The quantitative estimate of drug-likeness (QED) is 0.0728. The molecule has 4 fully saturated rings. The van der Waals surface area contributed by atoms with Gasteiger partial charge in [0.15, 0.2) is 18.9 Å². The Bertz CT molecular complexity index is 1350. The molecule has 2 amide bonds. The van der Waals surface area contributed by atoms with Gasteiger partial charge < -0.3 is 115 Å². The molecule has 0 saturated carbocycles. The molecule has 0 spiro atoms. The molecule has 0 aromatic rings. The number of aliphatic carboxylic acids is 1. The Balaban J connectivity index is 1.60. The molecule has 1 unspecified atom stereocenters. The van der Waals surface area contributed by atoms with E-state index in [0.29, 0.717) is 0 Å². The van der Waals surface area contributed by atoms with Crippen molar-refractivity contribution in [3.8, 4) is 0 Å². The number of carboxylic acids is 1. The van der Waals surface area contributed by atoms with E-state index in [0.717, 1.165) is 13.8 Å². The molecule has 4 saturated heterocycles. The maximum atomic E-state index is 12.8. The Labute approximate surface area is 322 Å². The highest BCUT2D eigenvalue weighted by Gasteiger charge is 2.60. The molecule has 4 rings (SSSR count). The number of carbonyl (C=O) groups excluding carboxylic acids is 2. The van der Waals surface area contributed by atoms with E-state index in [4.69, 9.17) is 33.2 Å². The van der Waals surface area contributed by atoms with Gasteiger partial charge in [0.25, 0.3) is 5.79 Å². The predicted molar refractivity (Wildman–Crippen MR) is 174 cm³/mol. The highest BCUT2D eigenvalue weighted by molar-refractivity contribution is 5.76. The highest BCUT2D eigenvalue weighted by atomic mass is 16.8. The second-order valence-corrected chi connectivity index (χ2v) is 14.1. The summed E-state index contributed by atoms with van der Waals surface area (Å²) in [6.45, 7) is -1.78. The van der Waals surface area contributed by atoms with Gasteiger partial charge in [0.2, 0.25) is 11.8 Å². The van der Waals surface area contributed by atoms with Crippen LogP contribution in [0.3, 0.4) is 0 Å². The van der Waals surface area contributed by atoms with E-state index in [1.807, 2.05) is 0 Å². The first-order valence-corrected chi connectivity index (χ1v) is 17.7. The van der Waals surface area contributed by atoms with Crippen molar-refractivity contribution >= 4 is 17.8 Å². The van der Waals surface area contributed by atoms with Crippen molar-refractivity contribution in [3.63, 3.8) is 0 Å². The second-order valence-electron chi connectivity index (χ2n) is 14.1. The van der Waals surface area contributed by atoms with Crippen LogP contribution in [0.5, 0.6) is 0 Å². The normalized spacial score (nSPS) is 45.1. The van der Waals surface area contributed by atoms with Gasteiger partial charge in [-0.15, -0.1) is 0 Å². The fourth-order valence-electron chi connectivity index (χ4n) is 6.95. The monoisotopic (exact) mass is 836 g/mol. The summed E-state index contributed by atoms with van der Waals surface area (Å²) in [5.74, 6) is -6.63. The molecule has 4 aliphatic heterocycles. The molecule has 0 bridgehead atoms.